The highest BCUT2D eigenvalue weighted by molar-refractivity contribution is 7.14. The first-order valence-corrected chi connectivity index (χ1v) is 9.14. The molecule has 27 heavy (non-hydrogen) atoms. The second kappa shape index (κ2) is 7.08. The third kappa shape index (κ3) is 3.34. The van der Waals surface area contributed by atoms with Gasteiger partial charge in [0.25, 0.3) is 5.56 Å². The normalized spacial score (nSPS) is 12.0. The van der Waals surface area contributed by atoms with Crippen molar-refractivity contribution in [3.8, 4) is 11.3 Å². The van der Waals surface area contributed by atoms with Gasteiger partial charge in [0.15, 0.2) is 5.13 Å². The zero-order valence-corrected chi connectivity index (χ0v) is 15.2. The molecule has 1 N–H and O–H groups in total. The van der Waals surface area contributed by atoms with Crippen molar-refractivity contribution in [1.82, 2.24) is 19.5 Å². The van der Waals surface area contributed by atoms with Gasteiger partial charge in [0, 0.05) is 23.3 Å². The lowest BCUT2D eigenvalue weighted by atomic mass is 10.2. The number of para-hydroxylation sites is 1. The molecule has 3 aromatic heterocycles. The van der Waals surface area contributed by atoms with Gasteiger partial charge in [-0.25, -0.2) is 9.97 Å². The minimum Gasteiger partial charge on any atom is -0.300 e. The molecule has 0 aliphatic rings. The molecule has 0 aliphatic heterocycles. The lowest BCUT2D eigenvalue weighted by Crippen LogP contribution is -2.31. The van der Waals surface area contributed by atoms with Gasteiger partial charge in [0.1, 0.15) is 6.04 Å². The number of anilines is 1. The fraction of sp³-hybridized carbons (Fsp3) is 0.105. The van der Waals surface area contributed by atoms with Crippen LogP contribution in [0, 0.1) is 0 Å². The number of nitrogens with zero attached hydrogens (tertiary/aromatic N) is 4. The Morgan fingerprint density at radius 2 is 1.96 bits per heavy atom. The molecule has 0 aliphatic carbocycles. The van der Waals surface area contributed by atoms with Gasteiger partial charge in [-0.3, -0.25) is 19.1 Å². The number of amides is 1. The number of thiazole rings is 1. The SMILES string of the molecule is C[C@H](C(=O)Nc1nc(-c2ccncc2)cs1)n1cnc2ccccc2c1=O. The van der Waals surface area contributed by atoms with Crippen molar-refractivity contribution >= 4 is 33.3 Å². The number of hydrogen-bond donors (Lipinski definition) is 1. The van der Waals surface area contributed by atoms with Crippen molar-refractivity contribution in [2.75, 3.05) is 5.32 Å². The standard InChI is InChI=1S/C19H15N5O2S/c1-12(24-11-21-15-5-3-2-4-14(15)18(24)26)17(25)23-19-22-16(10-27-19)13-6-8-20-9-7-13/h2-12H,1H3,(H,22,23,25)/t12-/m1/s1. The predicted molar refractivity (Wildman–Crippen MR) is 105 cm³/mol. The van der Waals surface area contributed by atoms with E-state index in [2.05, 4.69) is 20.3 Å². The van der Waals surface area contributed by atoms with E-state index < -0.39 is 6.04 Å². The van der Waals surface area contributed by atoms with Crippen molar-refractivity contribution in [3.63, 3.8) is 0 Å². The zero-order valence-electron chi connectivity index (χ0n) is 14.4. The monoisotopic (exact) mass is 377 g/mol. The van der Waals surface area contributed by atoms with Crippen LogP contribution < -0.4 is 10.9 Å². The molecule has 1 amide bonds. The van der Waals surface area contributed by atoms with Crippen molar-refractivity contribution in [2.24, 2.45) is 0 Å². The van der Waals surface area contributed by atoms with E-state index in [4.69, 9.17) is 0 Å². The maximum atomic E-state index is 12.6. The lowest BCUT2D eigenvalue weighted by molar-refractivity contribution is -0.118. The number of rotatable bonds is 4. The largest absolute Gasteiger partial charge is 0.300 e. The summed E-state index contributed by atoms with van der Waals surface area (Å²) in [6.45, 7) is 1.66. The Morgan fingerprint density at radius 3 is 2.78 bits per heavy atom. The summed E-state index contributed by atoms with van der Waals surface area (Å²) in [7, 11) is 0. The molecule has 0 radical (unpaired) electrons. The fourth-order valence-corrected chi connectivity index (χ4v) is 3.40. The van der Waals surface area contributed by atoms with Crippen LogP contribution in [0.1, 0.15) is 13.0 Å². The molecular weight excluding hydrogens is 362 g/mol. The first-order chi connectivity index (χ1) is 13.1. The third-order valence-electron chi connectivity index (χ3n) is 4.20. The molecule has 7 nitrogen and oxygen atoms in total. The van der Waals surface area contributed by atoms with Gasteiger partial charge in [-0.1, -0.05) is 12.1 Å². The van der Waals surface area contributed by atoms with Crippen LogP contribution in [0.5, 0.6) is 0 Å². The number of aromatic nitrogens is 4. The number of nitrogens with one attached hydrogen (secondary N) is 1. The maximum absolute atomic E-state index is 12.6. The Hall–Kier alpha value is -3.39. The van der Waals surface area contributed by atoms with Crippen LogP contribution in [0.25, 0.3) is 22.2 Å². The molecule has 0 saturated heterocycles. The van der Waals surface area contributed by atoms with Gasteiger partial charge >= 0.3 is 0 Å². The Bertz CT molecular complexity index is 1170. The first kappa shape index (κ1) is 17.0. The summed E-state index contributed by atoms with van der Waals surface area (Å²) in [4.78, 5) is 37.9. The molecule has 0 unspecified atom stereocenters. The second-order valence-electron chi connectivity index (χ2n) is 5.91. The summed E-state index contributed by atoms with van der Waals surface area (Å²) in [5.41, 5.74) is 2.03. The first-order valence-electron chi connectivity index (χ1n) is 8.26. The van der Waals surface area contributed by atoms with Crippen molar-refractivity contribution < 1.29 is 4.79 Å². The van der Waals surface area contributed by atoms with Gasteiger partial charge < -0.3 is 5.32 Å². The third-order valence-corrected chi connectivity index (χ3v) is 4.96. The highest BCUT2D eigenvalue weighted by atomic mass is 32.1. The summed E-state index contributed by atoms with van der Waals surface area (Å²) in [5, 5.41) is 5.58. The highest BCUT2D eigenvalue weighted by Gasteiger charge is 2.19. The van der Waals surface area contributed by atoms with E-state index in [1.54, 1.807) is 37.5 Å². The number of fused-ring (bicyclic) bond motifs is 1. The van der Waals surface area contributed by atoms with Gasteiger partial charge in [-0.15, -0.1) is 11.3 Å². The average molecular weight is 377 g/mol. The molecule has 0 fully saturated rings. The Labute approximate surface area is 158 Å². The number of pyridine rings is 1. The quantitative estimate of drug-likeness (QED) is 0.590. The molecule has 0 saturated carbocycles. The highest BCUT2D eigenvalue weighted by Crippen LogP contribution is 2.24. The topological polar surface area (TPSA) is 89.8 Å². The minimum absolute atomic E-state index is 0.250. The number of carbonyl (C=O) groups is 1. The van der Waals surface area contributed by atoms with Crippen LogP contribution in [0.3, 0.4) is 0 Å². The van der Waals surface area contributed by atoms with Crippen LogP contribution in [-0.4, -0.2) is 25.4 Å². The Morgan fingerprint density at radius 1 is 1.19 bits per heavy atom. The summed E-state index contributed by atoms with van der Waals surface area (Å²) in [5.74, 6) is -0.329. The Kier molecular flexibility index (Phi) is 4.47. The van der Waals surface area contributed by atoms with Crippen LogP contribution in [0.2, 0.25) is 0 Å². The minimum atomic E-state index is -0.720. The molecule has 8 heteroatoms. The van der Waals surface area contributed by atoms with Crippen LogP contribution in [-0.2, 0) is 4.79 Å². The van der Waals surface area contributed by atoms with E-state index in [0.29, 0.717) is 16.0 Å². The summed E-state index contributed by atoms with van der Waals surface area (Å²) in [6.07, 6.45) is 4.78. The zero-order chi connectivity index (χ0) is 18.8. The molecule has 134 valence electrons. The van der Waals surface area contributed by atoms with Crippen LogP contribution in [0.15, 0.2) is 65.3 Å². The molecule has 4 aromatic rings. The molecule has 1 atom stereocenters. The summed E-state index contributed by atoms with van der Waals surface area (Å²) >= 11 is 1.33. The van der Waals surface area contributed by atoms with Gasteiger partial charge in [-0.2, -0.15) is 0 Å². The molecule has 1 aromatic carbocycles. The number of carbonyl (C=O) groups excluding carboxylic acids is 1. The van der Waals surface area contributed by atoms with Crippen LogP contribution in [0.4, 0.5) is 5.13 Å². The average Bonchev–Trinajstić information content (AvgIpc) is 3.17. The van der Waals surface area contributed by atoms with E-state index >= 15 is 0 Å². The van der Waals surface area contributed by atoms with E-state index in [0.717, 1.165) is 11.3 Å². The van der Waals surface area contributed by atoms with E-state index in [1.165, 1.54) is 22.2 Å². The molecule has 0 spiro atoms. The summed E-state index contributed by atoms with van der Waals surface area (Å²) in [6, 6.07) is 10.0. The maximum Gasteiger partial charge on any atom is 0.261 e. The van der Waals surface area contributed by atoms with E-state index in [1.807, 2.05) is 23.6 Å². The number of hydrogen-bond acceptors (Lipinski definition) is 6. The van der Waals surface area contributed by atoms with Gasteiger partial charge in [0.05, 0.1) is 22.9 Å². The second-order valence-corrected chi connectivity index (χ2v) is 6.77. The molecular formula is C19H15N5O2S. The fourth-order valence-electron chi connectivity index (χ4n) is 2.68. The van der Waals surface area contributed by atoms with Gasteiger partial charge in [0.2, 0.25) is 5.91 Å². The molecule has 0 bridgehead atoms. The van der Waals surface area contributed by atoms with E-state index in [-0.39, 0.29) is 11.5 Å². The van der Waals surface area contributed by atoms with Crippen molar-refractivity contribution in [1.29, 1.82) is 0 Å². The Balaban J connectivity index is 1.56. The van der Waals surface area contributed by atoms with Crippen LogP contribution >= 0.6 is 11.3 Å². The van der Waals surface area contributed by atoms with E-state index in [9.17, 15) is 9.59 Å². The van der Waals surface area contributed by atoms with Crippen molar-refractivity contribution in [3.05, 3.63) is 70.9 Å². The molecule has 4 rings (SSSR count). The molecule has 3 heterocycles. The smallest absolute Gasteiger partial charge is 0.261 e. The van der Waals surface area contributed by atoms with Gasteiger partial charge in [-0.05, 0) is 31.2 Å². The summed E-state index contributed by atoms with van der Waals surface area (Å²) < 4.78 is 1.33. The lowest BCUT2D eigenvalue weighted by Gasteiger charge is -2.14. The predicted octanol–water partition coefficient (Wildman–Crippen LogP) is 3.11. The van der Waals surface area contributed by atoms with Crippen molar-refractivity contribution in [2.45, 2.75) is 13.0 Å². The number of benzene rings is 1.